The summed E-state index contributed by atoms with van der Waals surface area (Å²) in [6.45, 7) is 3.16. The number of ether oxygens (including phenoxy) is 1. The quantitative estimate of drug-likeness (QED) is 0.512. The maximum absolute atomic E-state index is 12.1. The predicted molar refractivity (Wildman–Crippen MR) is 85.4 cm³/mol. The first-order valence-electron chi connectivity index (χ1n) is 7.59. The standard InChI is InChI=1S/C14H21N5O5/c1-8(2)12(22)17-14-16-11-10(13(23)18-14)15-7-19(11)9(3-4-20)24-6-5-21/h7-9,20-21H,3-6H2,1-2H3,(H2,16,17,18,22,23)/t9-/m1/s1. The molecule has 0 aliphatic heterocycles. The summed E-state index contributed by atoms with van der Waals surface area (Å²) >= 11 is 0. The number of aromatic nitrogens is 4. The van der Waals surface area contributed by atoms with Crippen molar-refractivity contribution in [3.05, 3.63) is 16.7 Å². The zero-order valence-electron chi connectivity index (χ0n) is 13.5. The summed E-state index contributed by atoms with van der Waals surface area (Å²) in [5.41, 5.74) is -0.190. The molecule has 0 aromatic carbocycles. The molecule has 0 aliphatic rings. The van der Waals surface area contributed by atoms with Crippen LogP contribution in [0.2, 0.25) is 0 Å². The Balaban J connectivity index is 2.42. The lowest BCUT2D eigenvalue weighted by Gasteiger charge is -2.18. The largest absolute Gasteiger partial charge is 0.396 e. The van der Waals surface area contributed by atoms with Crippen LogP contribution in [0.4, 0.5) is 5.95 Å². The first-order valence-corrected chi connectivity index (χ1v) is 7.59. The van der Waals surface area contributed by atoms with Crippen LogP contribution in [0.15, 0.2) is 11.1 Å². The zero-order valence-corrected chi connectivity index (χ0v) is 13.5. The molecule has 4 N–H and O–H groups in total. The van der Waals surface area contributed by atoms with E-state index in [1.54, 1.807) is 13.8 Å². The second-order valence-electron chi connectivity index (χ2n) is 5.44. The van der Waals surface area contributed by atoms with E-state index in [-0.39, 0.29) is 55.2 Å². The van der Waals surface area contributed by atoms with Crippen LogP contribution in [0, 0.1) is 5.92 Å². The molecule has 2 aromatic rings. The summed E-state index contributed by atoms with van der Waals surface area (Å²) in [4.78, 5) is 34.6. The summed E-state index contributed by atoms with van der Waals surface area (Å²) in [5.74, 6) is -0.546. The summed E-state index contributed by atoms with van der Waals surface area (Å²) < 4.78 is 6.94. The molecule has 0 radical (unpaired) electrons. The average Bonchev–Trinajstić information content (AvgIpc) is 2.95. The molecule has 2 heterocycles. The molecule has 1 amide bonds. The SMILES string of the molecule is CC(C)C(=O)Nc1nc2c(ncn2[C@@H](CCO)OCCO)c(=O)[nH]1. The van der Waals surface area contributed by atoms with Crippen molar-refractivity contribution in [3.8, 4) is 0 Å². The number of hydrogen-bond acceptors (Lipinski definition) is 7. The third-order valence-electron chi connectivity index (χ3n) is 3.29. The van der Waals surface area contributed by atoms with Gasteiger partial charge in [-0.3, -0.25) is 24.5 Å². The van der Waals surface area contributed by atoms with Gasteiger partial charge >= 0.3 is 0 Å². The average molecular weight is 339 g/mol. The van der Waals surface area contributed by atoms with Crippen molar-refractivity contribution in [1.29, 1.82) is 0 Å². The van der Waals surface area contributed by atoms with E-state index in [9.17, 15) is 14.7 Å². The fourth-order valence-electron chi connectivity index (χ4n) is 2.06. The maximum Gasteiger partial charge on any atom is 0.280 e. The number of carbonyl (C=O) groups is 1. The predicted octanol–water partition coefficient (Wildman–Crippen LogP) is -0.396. The molecule has 10 nitrogen and oxygen atoms in total. The Labute approximate surface area is 137 Å². The Bertz CT molecular complexity index is 754. The Morgan fingerprint density at radius 3 is 2.79 bits per heavy atom. The molecule has 24 heavy (non-hydrogen) atoms. The maximum atomic E-state index is 12.1. The fraction of sp³-hybridized carbons (Fsp3) is 0.571. The zero-order chi connectivity index (χ0) is 17.7. The van der Waals surface area contributed by atoms with E-state index in [4.69, 9.17) is 9.84 Å². The number of anilines is 1. The second-order valence-corrected chi connectivity index (χ2v) is 5.44. The molecule has 0 aliphatic carbocycles. The minimum atomic E-state index is -0.643. The first-order chi connectivity index (χ1) is 11.5. The number of fused-ring (bicyclic) bond motifs is 1. The van der Waals surface area contributed by atoms with Crippen molar-refractivity contribution in [2.45, 2.75) is 26.5 Å². The van der Waals surface area contributed by atoms with E-state index >= 15 is 0 Å². The number of aromatic amines is 1. The summed E-state index contributed by atoms with van der Waals surface area (Å²) in [5, 5.41) is 20.6. The molecule has 0 fully saturated rings. The van der Waals surface area contributed by atoms with Gasteiger partial charge in [-0.15, -0.1) is 0 Å². The second kappa shape index (κ2) is 7.99. The van der Waals surface area contributed by atoms with E-state index in [0.29, 0.717) is 0 Å². The lowest BCUT2D eigenvalue weighted by molar-refractivity contribution is -0.118. The van der Waals surface area contributed by atoms with E-state index < -0.39 is 11.8 Å². The van der Waals surface area contributed by atoms with Crippen LogP contribution >= 0.6 is 0 Å². The number of aliphatic hydroxyl groups excluding tert-OH is 2. The molecule has 0 unspecified atom stereocenters. The normalized spacial score (nSPS) is 12.7. The molecule has 1 atom stereocenters. The third-order valence-corrected chi connectivity index (χ3v) is 3.29. The van der Waals surface area contributed by atoms with Gasteiger partial charge in [-0.25, -0.2) is 4.98 Å². The van der Waals surface area contributed by atoms with Gasteiger partial charge in [0.1, 0.15) is 6.23 Å². The van der Waals surface area contributed by atoms with Crippen LogP contribution < -0.4 is 10.9 Å². The van der Waals surface area contributed by atoms with E-state index in [1.165, 1.54) is 10.9 Å². The Morgan fingerprint density at radius 2 is 2.17 bits per heavy atom. The molecule has 0 saturated heterocycles. The van der Waals surface area contributed by atoms with Gasteiger partial charge in [0.15, 0.2) is 11.2 Å². The van der Waals surface area contributed by atoms with Gasteiger partial charge in [-0.05, 0) is 0 Å². The number of aliphatic hydroxyl groups is 2. The number of nitrogens with one attached hydrogen (secondary N) is 2. The van der Waals surface area contributed by atoms with Crippen LogP contribution in [0.1, 0.15) is 26.5 Å². The van der Waals surface area contributed by atoms with Crippen molar-refractivity contribution in [2.75, 3.05) is 25.1 Å². The van der Waals surface area contributed by atoms with Crippen LogP contribution in [0.25, 0.3) is 11.2 Å². The molecule has 0 bridgehead atoms. The molecule has 0 saturated carbocycles. The number of nitrogens with zero attached hydrogens (tertiary/aromatic N) is 3. The monoisotopic (exact) mass is 339 g/mol. The van der Waals surface area contributed by atoms with Crippen LogP contribution in [0.3, 0.4) is 0 Å². The summed E-state index contributed by atoms with van der Waals surface area (Å²) in [7, 11) is 0. The number of hydrogen-bond donors (Lipinski definition) is 4. The molecule has 2 aromatic heterocycles. The molecule has 132 valence electrons. The van der Waals surface area contributed by atoms with E-state index in [0.717, 1.165) is 0 Å². The highest BCUT2D eigenvalue weighted by molar-refractivity contribution is 5.91. The summed E-state index contributed by atoms with van der Waals surface area (Å²) in [6, 6.07) is 0. The first kappa shape index (κ1) is 18.0. The highest BCUT2D eigenvalue weighted by Crippen LogP contribution is 2.18. The lowest BCUT2D eigenvalue weighted by atomic mass is 10.2. The Morgan fingerprint density at radius 1 is 1.42 bits per heavy atom. The number of H-pyrrole nitrogens is 1. The van der Waals surface area contributed by atoms with Crippen molar-refractivity contribution in [3.63, 3.8) is 0 Å². The van der Waals surface area contributed by atoms with Crippen molar-refractivity contribution in [2.24, 2.45) is 5.92 Å². The van der Waals surface area contributed by atoms with Gasteiger partial charge in [0.2, 0.25) is 11.9 Å². The molecule has 2 rings (SSSR count). The lowest BCUT2D eigenvalue weighted by Crippen LogP contribution is -2.23. The smallest absolute Gasteiger partial charge is 0.280 e. The topological polar surface area (TPSA) is 142 Å². The van der Waals surface area contributed by atoms with Gasteiger partial charge in [0, 0.05) is 18.9 Å². The highest BCUT2D eigenvalue weighted by atomic mass is 16.5. The van der Waals surface area contributed by atoms with Crippen LogP contribution in [0.5, 0.6) is 0 Å². The number of imidazole rings is 1. The molecular weight excluding hydrogens is 318 g/mol. The fourth-order valence-corrected chi connectivity index (χ4v) is 2.06. The number of rotatable bonds is 8. The van der Waals surface area contributed by atoms with Gasteiger partial charge in [0.05, 0.1) is 19.5 Å². The third kappa shape index (κ3) is 3.96. The van der Waals surface area contributed by atoms with Crippen LogP contribution in [-0.4, -0.2) is 55.5 Å². The van der Waals surface area contributed by atoms with E-state index in [1.807, 2.05) is 0 Å². The number of carbonyl (C=O) groups excluding carboxylic acids is 1. The van der Waals surface area contributed by atoms with Gasteiger partial charge in [-0.1, -0.05) is 13.8 Å². The molecular formula is C14H21N5O5. The van der Waals surface area contributed by atoms with Gasteiger partial charge in [-0.2, -0.15) is 4.98 Å². The van der Waals surface area contributed by atoms with Crippen molar-refractivity contribution < 1.29 is 19.7 Å². The Kier molecular flexibility index (Phi) is 6.01. The summed E-state index contributed by atoms with van der Waals surface area (Å²) in [6.07, 6.45) is 0.960. The Hall–Kier alpha value is -2.30. The number of amides is 1. The van der Waals surface area contributed by atoms with Crippen molar-refractivity contribution in [1.82, 2.24) is 19.5 Å². The highest BCUT2D eigenvalue weighted by Gasteiger charge is 2.18. The molecule has 0 spiro atoms. The van der Waals surface area contributed by atoms with Gasteiger partial charge in [0.25, 0.3) is 5.56 Å². The molecule has 10 heteroatoms. The minimum absolute atomic E-state index is 0.0119. The minimum Gasteiger partial charge on any atom is -0.396 e. The van der Waals surface area contributed by atoms with E-state index in [2.05, 4.69) is 20.3 Å². The van der Waals surface area contributed by atoms with Crippen LogP contribution in [-0.2, 0) is 9.53 Å². The van der Waals surface area contributed by atoms with Gasteiger partial charge < -0.3 is 14.9 Å². The van der Waals surface area contributed by atoms with Crippen molar-refractivity contribution >= 4 is 23.0 Å².